The zero-order chi connectivity index (χ0) is 11.5. The predicted molar refractivity (Wildman–Crippen MR) is 65.0 cm³/mol. The molecule has 0 bridgehead atoms. The highest BCUT2D eigenvalue weighted by Crippen LogP contribution is 2.20. The molecule has 0 aromatic carbocycles. The molecule has 17 heavy (non-hydrogen) atoms. The fourth-order valence-corrected chi connectivity index (χ4v) is 2.16. The molecule has 1 saturated carbocycles. The quantitative estimate of drug-likeness (QED) is 0.819. The van der Waals surface area contributed by atoms with E-state index in [-0.39, 0.29) is 0 Å². The van der Waals surface area contributed by atoms with E-state index in [4.69, 9.17) is 4.74 Å². The van der Waals surface area contributed by atoms with Gasteiger partial charge >= 0.3 is 0 Å². The average Bonchev–Trinajstić information content (AvgIpc) is 3.22. The maximum atomic E-state index is 5.56. The molecule has 1 unspecified atom stereocenters. The van der Waals surface area contributed by atoms with E-state index in [9.17, 15) is 0 Å². The Kier molecular flexibility index (Phi) is 3.20. The van der Waals surface area contributed by atoms with Gasteiger partial charge in [0.1, 0.15) is 0 Å². The van der Waals surface area contributed by atoms with Crippen LogP contribution < -0.4 is 10.2 Å². The van der Waals surface area contributed by atoms with Gasteiger partial charge in [0.2, 0.25) is 0 Å². The Balaban J connectivity index is 1.66. The monoisotopic (exact) mass is 234 g/mol. The van der Waals surface area contributed by atoms with Gasteiger partial charge in [-0.25, -0.2) is 0 Å². The van der Waals surface area contributed by atoms with Gasteiger partial charge in [-0.3, -0.25) is 0 Å². The van der Waals surface area contributed by atoms with Crippen LogP contribution in [0.25, 0.3) is 0 Å². The third-order valence-electron chi connectivity index (χ3n) is 3.30. The predicted octanol–water partition coefficient (Wildman–Crippen LogP) is 0.434. The Morgan fingerprint density at radius 2 is 2.41 bits per heavy atom. The maximum absolute atomic E-state index is 5.56. The minimum Gasteiger partial charge on any atom is -0.377 e. The molecule has 2 aliphatic rings. The van der Waals surface area contributed by atoms with Crippen LogP contribution in [0.2, 0.25) is 0 Å². The molecule has 5 nitrogen and oxygen atoms in total. The standard InChI is InChI=1S/C12H18N4O/c1-2-12(15-14-5-1)16-6-7-17-9-11(16)8-13-10-3-4-10/h1-2,5,10-11,13H,3-4,6-9H2. The van der Waals surface area contributed by atoms with Crippen LogP contribution in [0.15, 0.2) is 18.3 Å². The fraction of sp³-hybridized carbons (Fsp3) is 0.667. The van der Waals surface area contributed by atoms with Crippen LogP contribution in [0.3, 0.4) is 0 Å². The summed E-state index contributed by atoms with van der Waals surface area (Å²) in [6.07, 6.45) is 4.35. The highest BCUT2D eigenvalue weighted by molar-refractivity contribution is 5.38. The second-order valence-corrected chi connectivity index (χ2v) is 4.69. The third-order valence-corrected chi connectivity index (χ3v) is 3.30. The van der Waals surface area contributed by atoms with Crippen LogP contribution in [0.4, 0.5) is 5.82 Å². The molecule has 1 N–H and O–H groups in total. The highest BCUT2D eigenvalue weighted by Gasteiger charge is 2.27. The van der Waals surface area contributed by atoms with Crippen LogP contribution in [0, 0.1) is 0 Å². The molecule has 0 amide bonds. The average molecular weight is 234 g/mol. The molecule has 1 aliphatic carbocycles. The van der Waals surface area contributed by atoms with Gasteiger partial charge in [0.05, 0.1) is 19.3 Å². The summed E-state index contributed by atoms with van der Waals surface area (Å²) in [5.74, 6) is 0.957. The number of rotatable bonds is 4. The molecule has 3 rings (SSSR count). The van der Waals surface area contributed by atoms with Crippen molar-refractivity contribution in [1.82, 2.24) is 15.5 Å². The van der Waals surface area contributed by atoms with Crippen molar-refractivity contribution >= 4 is 5.82 Å². The Labute approximate surface area is 101 Å². The normalized spacial score (nSPS) is 24.9. The van der Waals surface area contributed by atoms with E-state index in [1.807, 2.05) is 12.1 Å². The summed E-state index contributed by atoms with van der Waals surface area (Å²) in [4.78, 5) is 2.30. The number of aromatic nitrogens is 2. The van der Waals surface area contributed by atoms with Gasteiger partial charge in [-0.05, 0) is 25.0 Å². The van der Waals surface area contributed by atoms with Crippen molar-refractivity contribution in [1.29, 1.82) is 0 Å². The van der Waals surface area contributed by atoms with Crippen molar-refractivity contribution in [3.05, 3.63) is 18.3 Å². The zero-order valence-corrected chi connectivity index (χ0v) is 9.88. The SMILES string of the molecule is c1cnnc(N2CCOCC2CNC2CC2)c1. The number of hydrogen-bond donors (Lipinski definition) is 1. The van der Waals surface area contributed by atoms with Gasteiger partial charge in [0, 0.05) is 25.3 Å². The molecular formula is C12H18N4O. The third kappa shape index (κ3) is 2.73. The van der Waals surface area contributed by atoms with E-state index in [0.717, 1.165) is 38.2 Å². The van der Waals surface area contributed by atoms with E-state index in [2.05, 4.69) is 20.4 Å². The summed E-state index contributed by atoms with van der Waals surface area (Å²) < 4.78 is 5.56. The Hall–Kier alpha value is -1.20. The van der Waals surface area contributed by atoms with Gasteiger partial charge in [0.15, 0.2) is 5.82 Å². The number of nitrogens with zero attached hydrogens (tertiary/aromatic N) is 3. The summed E-state index contributed by atoms with van der Waals surface area (Å²) in [7, 11) is 0. The maximum Gasteiger partial charge on any atom is 0.151 e. The van der Waals surface area contributed by atoms with Gasteiger partial charge < -0.3 is 15.0 Å². The molecule has 2 heterocycles. The minimum absolute atomic E-state index is 0.376. The molecule has 1 aromatic heterocycles. The second kappa shape index (κ2) is 4.98. The fourth-order valence-electron chi connectivity index (χ4n) is 2.16. The molecule has 1 saturated heterocycles. The van der Waals surface area contributed by atoms with E-state index in [0.29, 0.717) is 6.04 Å². The summed E-state index contributed by atoms with van der Waals surface area (Å²) in [6, 6.07) is 5.06. The largest absolute Gasteiger partial charge is 0.377 e. The van der Waals surface area contributed by atoms with Crippen molar-refractivity contribution < 1.29 is 4.74 Å². The van der Waals surface area contributed by atoms with Crippen molar-refractivity contribution in [2.45, 2.75) is 24.9 Å². The lowest BCUT2D eigenvalue weighted by Crippen LogP contribution is -2.51. The first-order chi connectivity index (χ1) is 8.43. The summed E-state index contributed by atoms with van der Waals surface area (Å²) >= 11 is 0. The number of morpholine rings is 1. The van der Waals surface area contributed by atoms with Crippen LogP contribution in [-0.2, 0) is 4.74 Å². The first-order valence-electron chi connectivity index (χ1n) is 6.29. The number of hydrogen-bond acceptors (Lipinski definition) is 5. The van der Waals surface area contributed by atoms with Gasteiger partial charge in [-0.2, -0.15) is 5.10 Å². The Bertz CT molecular complexity index is 355. The van der Waals surface area contributed by atoms with E-state index < -0.39 is 0 Å². The summed E-state index contributed by atoms with van der Waals surface area (Å²) in [6.45, 7) is 3.42. The molecule has 1 aliphatic heterocycles. The van der Waals surface area contributed by atoms with Crippen LogP contribution in [-0.4, -0.2) is 48.6 Å². The highest BCUT2D eigenvalue weighted by atomic mass is 16.5. The molecule has 2 fully saturated rings. The van der Waals surface area contributed by atoms with Crippen molar-refractivity contribution in [3.63, 3.8) is 0 Å². The first-order valence-corrected chi connectivity index (χ1v) is 6.29. The Morgan fingerprint density at radius 1 is 1.47 bits per heavy atom. The molecule has 0 spiro atoms. The topological polar surface area (TPSA) is 50.3 Å². The molecule has 0 radical (unpaired) electrons. The molecule has 5 heteroatoms. The second-order valence-electron chi connectivity index (χ2n) is 4.69. The lowest BCUT2D eigenvalue weighted by atomic mass is 10.2. The van der Waals surface area contributed by atoms with E-state index in [1.165, 1.54) is 12.8 Å². The molecular weight excluding hydrogens is 216 g/mol. The van der Waals surface area contributed by atoms with Crippen LogP contribution in [0.5, 0.6) is 0 Å². The zero-order valence-electron chi connectivity index (χ0n) is 9.88. The smallest absolute Gasteiger partial charge is 0.151 e. The Morgan fingerprint density at radius 3 is 3.18 bits per heavy atom. The summed E-state index contributed by atoms with van der Waals surface area (Å²) in [5, 5.41) is 11.7. The molecule has 1 aromatic rings. The van der Waals surface area contributed by atoms with Crippen molar-refractivity contribution in [2.24, 2.45) is 0 Å². The number of nitrogens with one attached hydrogen (secondary N) is 1. The van der Waals surface area contributed by atoms with Crippen molar-refractivity contribution in [3.8, 4) is 0 Å². The van der Waals surface area contributed by atoms with Crippen LogP contribution in [0.1, 0.15) is 12.8 Å². The lowest BCUT2D eigenvalue weighted by Gasteiger charge is -2.36. The van der Waals surface area contributed by atoms with Gasteiger partial charge in [0.25, 0.3) is 0 Å². The van der Waals surface area contributed by atoms with E-state index in [1.54, 1.807) is 6.20 Å². The van der Waals surface area contributed by atoms with Crippen molar-refractivity contribution in [2.75, 3.05) is 31.2 Å². The summed E-state index contributed by atoms with van der Waals surface area (Å²) in [5.41, 5.74) is 0. The van der Waals surface area contributed by atoms with Crippen LogP contribution >= 0.6 is 0 Å². The van der Waals surface area contributed by atoms with Gasteiger partial charge in [-0.1, -0.05) is 0 Å². The molecule has 92 valence electrons. The lowest BCUT2D eigenvalue weighted by molar-refractivity contribution is 0.0931. The minimum atomic E-state index is 0.376. The molecule has 1 atom stereocenters. The van der Waals surface area contributed by atoms with Gasteiger partial charge in [-0.15, -0.1) is 5.10 Å². The number of anilines is 1. The number of ether oxygens (including phenoxy) is 1. The first kappa shape index (κ1) is 10.9. The van der Waals surface area contributed by atoms with E-state index >= 15 is 0 Å².